The van der Waals surface area contributed by atoms with Crippen LogP contribution in [0.15, 0.2) is 80.6 Å². The Morgan fingerprint density at radius 3 is 1.70 bits per heavy atom. The monoisotopic (exact) mass is 826 g/mol. The first kappa shape index (κ1) is 42.6. The van der Waals surface area contributed by atoms with Gasteiger partial charge in [-0.15, -0.1) is 23.2 Å². The molecule has 258 valence electrons. The van der Waals surface area contributed by atoms with E-state index in [1.54, 1.807) is 42.5 Å². The molecule has 8 nitrogen and oxygen atoms in total. The Morgan fingerprint density at radius 1 is 0.739 bits per heavy atom. The molecule has 0 atom stereocenters. The lowest BCUT2D eigenvalue weighted by molar-refractivity contribution is -0.128. The van der Waals surface area contributed by atoms with Crippen LogP contribution in [0.1, 0.15) is 38.8 Å². The van der Waals surface area contributed by atoms with Gasteiger partial charge < -0.3 is 24.3 Å². The van der Waals surface area contributed by atoms with Gasteiger partial charge in [0, 0.05) is 41.1 Å². The topological polar surface area (TPSA) is 86.3 Å². The molecule has 0 bridgehead atoms. The molecule has 3 aromatic rings. The van der Waals surface area contributed by atoms with E-state index in [1.165, 1.54) is 9.87 Å². The number of anilines is 2. The van der Waals surface area contributed by atoms with Gasteiger partial charge in [-0.1, -0.05) is 62.2 Å². The number of alkyl halides is 2. The van der Waals surface area contributed by atoms with Crippen molar-refractivity contribution in [3.8, 4) is 0 Å². The first-order chi connectivity index (χ1) is 22.0. The molecule has 0 saturated heterocycles. The van der Waals surface area contributed by atoms with Crippen molar-refractivity contribution >= 4 is 76.5 Å². The largest absolute Gasteiger partial charge is 0.380 e. The highest BCUT2D eigenvalue weighted by Crippen LogP contribution is 2.29. The summed E-state index contributed by atoms with van der Waals surface area (Å²) in [4.78, 5) is 0.225. The van der Waals surface area contributed by atoms with Crippen LogP contribution in [0.25, 0.3) is 0 Å². The number of nitrogens with zero attached hydrogens (tertiary/aromatic N) is 1. The normalized spacial score (nSPS) is 11.0. The molecule has 3 rings (SSSR count). The molecule has 0 aliphatic rings. The van der Waals surface area contributed by atoms with Crippen LogP contribution in [0.5, 0.6) is 0 Å². The lowest BCUT2D eigenvalue weighted by Gasteiger charge is -2.29. The van der Waals surface area contributed by atoms with E-state index in [9.17, 15) is 8.42 Å². The van der Waals surface area contributed by atoms with Crippen LogP contribution in [0.3, 0.4) is 0 Å². The summed E-state index contributed by atoms with van der Waals surface area (Å²) in [6.07, 6.45) is -0.839. The molecule has 0 spiro atoms. The van der Waals surface area contributed by atoms with Gasteiger partial charge in [-0.25, -0.2) is 8.42 Å². The minimum atomic E-state index is -3.76. The van der Waals surface area contributed by atoms with Crippen molar-refractivity contribution in [2.24, 2.45) is 0 Å². The molecule has 0 aliphatic carbocycles. The Kier molecular flexibility index (Phi) is 22.1. The SMILES string of the molecule is CCOC(CN(c1ccc(C)c(Br)c1)S(=O)(=O)c1ccccc1)OCC.CCOC(CNc1ccc(C)c(Br)c1)OCC.ClCCl. The van der Waals surface area contributed by atoms with E-state index in [1.807, 2.05) is 40.7 Å². The Bertz CT molecular complexity index is 1360. The van der Waals surface area contributed by atoms with Crippen LogP contribution in [-0.4, -0.2) is 65.9 Å². The molecule has 0 unspecified atom stereocenters. The summed E-state index contributed by atoms with van der Waals surface area (Å²) in [7, 11) is -3.76. The average Bonchev–Trinajstić information content (AvgIpc) is 3.03. The second kappa shape index (κ2) is 23.8. The fourth-order valence-corrected chi connectivity index (χ4v) is 6.11. The van der Waals surface area contributed by atoms with Gasteiger partial charge in [0.2, 0.25) is 0 Å². The molecule has 0 amide bonds. The summed E-state index contributed by atoms with van der Waals surface area (Å²) in [5, 5.41) is 3.50. The van der Waals surface area contributed by atoms with Crippen LogP contribution >= 0.6 is 55.1 Å². The third-order valence-electron chi connectivity index (χ3n) is 6.14. The van der Waals surface area contributed by atoms with E-state index in [2.05, 4.69) is 62.3 Å². The van der Waals surface area contributed by atoms with Gasteiger partial charge in [0.15, 0.2) is 12.6 Å². The third kappa shape index (κ3) is 15.2. The minimum Gasteiger partial charge on any atom is -0.380 e. The zero-order chi connectivity index (χ0) is 34.5. The lowest BCUT2D eigenvalue weighted by atomic mass is 10.2. The van der Waals surface area contributed by atoms with E-state index in [4.69, 9.17) is 42.1 Å². The summed E-state index contributed by atoms with van der Waals surface area (Å²) in [6, 6.07) is 20.0. The second-order valence-electron chi connectivity index (χ2n) is 9.41. The van der Waals surface area contributed by atoms with Gasteiger partial charge in [-0.3, -0.25) is 4.31 Å². The minimum absolute atomic E-state index is 0.0639. The molecule has 1 N–H and O–H groups in total. The number of benzene rings is 3. The van der Waals surface area contributed by atoms with Crippen molar-refractivity contribution in [2.75, 3.05) is 54.5 Å². The summed E-state index contributed by atoms with van der Waals surface area (Å²) in [6.45, 7) is 14.5. The van der Waals surface area contributed by atoms with Crippen molar-refractivity contribution in [3.05, 3.63) is 86.8 Å². The number of hydrogen-bond acceptors (Lipinski definition) is 7. The number of halogens is 4. The van der Waals surface area contributed by atoms with Crippen molar-refractivity contribution in [1.29, 1.82) is 0 Å². The molecule has 0 aliphatic heterocycles. The van der Waals surface area contributed by atoms with Gasteiger partial charge >= 0.3 is 0 Å². The maximum absolute atomic E-state index is 13.3. The van der Waals surface area contributed by atoms with E-state index in [-0.39, 0.29) is 23.1 Å². The summed E-state index contributed by atoms with van der Waals surface area (Å²) in [5.74, 6) is 0. The molecule has 3 aromatic carbocycles. The van der Waals surface area contributed by atoms with Gasteiger partial charge in [0.1, 0.15) is 0 Å². The number of hydrogen-bond donors (Lipinski definition) is 1. The zero-order valence-corrected chi connectivity index (χ0v) is 32.8. The van der Waals surface area contributed by atoms with Crippen molar-refractivity contribution in [2.45, 2.75) is 59.0 Å². The van der Waals surface area contributed by atoms with Crippen molar-refractivity contribution in [3.63, 3.8) is 0 Å². The van der Waals surface area contributed by atoms with Crippen molar-refractivity contribution < 1.29 is 27.4 Å². The van der Waals surface area contributed by atoms with Crippen LogP contribution in [0.4, 0.5) is 11.4 Å². The quantitative estimate of drug-likeness (QED) is 0.114. The van der Waals surface area contributed by atoms with E-state index in [0.29, 0.717) is 38.7 Å². The smallest absolute Gasteiger partial charge is 0.264 e. The Balaban J connectivity index is 0.000000456. The zero-order valence-electron chi connectivity index (χ0n) is 27.3. The maximum atomic E-state index is 13.3. The molecular formula is C33H46Br2Cl2N2O6S. The lowest BCUT2D eigenvalue weighted by Crippen LogP contribution is -2.40. The standard InChI is InChI=1S/C19H24BrNO4S.C13H20BrNO2.CH2Cl2/c1-4-24-19(25-5-2)14-21(16-12-11-15(3)18(20)13-16)26(22,23)17-9-7-6-8-10-17;1-4-16-13(17-5-2)9-15-11-7-6-10(3)12(14)8-11;2-1-3/h6-13,19H,4-5,14H2,1-3H3;6-8,13,15H,4-5,9H2,1-3H3;1H2. The first-order valence-electron chi connectivity index (χ1n) is 14.9. The van der Waals surface area contributed by atoms with Gasteiger partial charge in [-0.2, -0.15) is 0 Å². The molecule has 46 heavy (non-hydrogen) atoms. The first-order valence-corrected chi connectivity index (χ1v) is 19.0. The summed E-state index contributed by atoms with van der Waals surface area (Å²) < 4.78 is 51.9. The molecule has 13 heteroatoms. The predicted molar refractivity (Wildman–Crippen MR) is 198 cm³/mol. The number of rotatable bonds is 16. The predicted octanol–water partition coefficient (Wildman–Crippen LogP) is 9.34. The Labute approximate surface area is 302 Å². The Morgan fingerprint density at radius 2 is 1.22 bits per heavy atom. The number of aryl methyl sites for hydroxylation is 2. The second-order valence-corrected chi connectivity index (χ2v) is 13.8. The van der Waals surface area contributed by atoms with E-state index >= 15 is 0 Å². The molecule has 0 heterocycles. The van der Waals surface area contributed by atoms with Crippen LogP contribution in [0, 0.1) is 13.8 Å². The average molecular weight is 830 g/mol. The van der Waals surface area contributed by atoms with Gasteiger partial charge in [0.05, 0.1) is 29.0 Å². The van der Waals surface area contributed by atoms with Gasteiger partial charge in [0.25, 0.3) is 10.0 Å². The van der Waals surface area contributed by atoms with Crippen LogP contribution in [-0.2, 0) is 29.0 Å². The highest BCUT2D eigenvalue weighted by atomic mass is 79.9. The van der Waals surface area contributed by atoms with E-state index in [0.717, 1.165) is 20.2 Å². The molecule has 0 fully saturated rings. The number of nitrogens with one attached hydrogen (secondary N) is 1. The fraction of sp³-hybridized carbons (Fsp3) is 0.455. The van der Waals surface area contributed by atoms with E-state index < -0.39 is 16.3 Å². The Hall–Kier alpha value is -1.41. The van der Waals surface area contributed by atoms with Crippen molar-refractivity contribution in [1.82, 2.24) is 0 Å². The molecular weight excluding hydrogens is 783 g/mol. The highest BCUT2D eigenvalue weighted by Gasteiger charge is 2.28. The number of sulfonamides is 1. The summed E-state index contributed by atoms with van der Waals surface area (Å²) in [5.41, 5.74) is 3.86. The third-order valence-corrected chi connectivity index (χ3v) is 9.66. The molecule has 0 aromatic heterocycles. The van der Waals surface area contributed by atoms with Gasteiger partial charge in [-0.05, 0) is 89.1 Å². The number of ether oxygens (including phenoxy) is 4. The fourth-order valence-electron chi connectivity index (χ4n) is 3.90. The van der Waals surface area contributed by atoms with Crippen LogP contribution < -0.4 is 9.62 Å². The summed E-state index contributed by atoms with van der Waals surface area (Å²) >= 11 is 16.5. The molecule has 0 radical (unpaired) electrons. The maximum Gasteiger partial charge on any atom is 0.264 e. The highest BCUT2D eigenvalue weighted by molar-refractivity contribution is 9.10. The molecule has 0 saturated carbocycles. The van der Waals surface area contributed by atoms with Crippen LogP contribution in [0.2, 0.25) is 0 Å².